The first-order chi connectivity index (χ1) is 9.90. The highest BCUT2D eigenvalue weighted by Crippen LogP contribution is 2.37. The maximum Gasteiger partial charge on any atom is 0.412 e. The standard InChI is InChI=1S/C15H12BrN3O2/c1-15(2)12-6-10(3-4-13(12)18-14(20)21-15)19-8-9(16)5-11(19)7-17/h3-6,8H,1-2H3,(H,18,20). The van der Waals surface area contributed by atoms with Gasteiger partial charge < -0.3 is 9.30 Å². The van der Waals surface area contributed by atoms with E-state index >= 15 is 0 Å². The lowest BCUT2D eigenvalue weighted by atomic mass is 9.94. The summed E-state index contributed by atoms with van der Waals surface area (Å²) in [5.74, 6) is 0. The Balaban J connectivity index is 2.16. The maximum absolute atomic E-state index is 11.5. The van der Waals surface area contributed by atoms with Crippen LogP contribution in [-0.2, 0) is 10.3 Å². The molecular weight excluding hydrogens is 334 g/mol. The number of nitrogens with one attached hydrogen (secondary N) is 1. The van der Waals surface area contributed by atoms with Crippen LogP contribution in [-0.4, -0.2) is 10.7 Å². The first-order valence-electron chi connectivity index (χ1n) is 6.33. The van der Waals surface area contributed by atoms with Crippen molar-refractivity contribution in [3.05, 3.63) is 46.2 Å². The fourth-order valence-electron chi connectivity index (χ4n) is 2.44. The van der Waals surface area contributed by atoms with Gasteiger partial charge in [-0.2, -0.15) is 5.26 Å². The Bertz CT molecular complexity index is 787. The second kappa shape index (κ2) is 4.64. The van der Waals surface area contributed by atoms with Gasteiger partial charge in [-0.3, -0.25) is 5.32 Å². The summed E-state index contributed by atoms with van der Waals surface area (Å²) in [6, 6.07) is 9.50. The van der Waals surface area contributed by atoms with Crippen molar-refractivity contribution in [2.45, 2.75) is 19.4 Å². The first kappa shape index (κ1) is 13.7. The molecule has 2 aromatic rings. The molecule has 2 heterocycles. The van der Waals surface area contributed by atoms with E-state index in [9.17, 15) is 10.1 Å². The molecule has 0 unspecified atom stereocenters. The van der Waals surface area contributed by atoms with Gasteiger partial charge in [0.05, 0.1) is 5.69 Å². The minimum atomic E-state index is -0.717. The Morgan fingerprint density at radius 2 is 2.14 bits per heavy atom. The van der Waals surface area contributed by atoms with E-state index in [1.54, 1.807) is 10.6 Å². The number of fused-ring (bicyclic) bond motifs is 1. The Hall–Kier alpha value is -2.26. The predicted octanol–water partition coefficient (Wildman–Crippen LogP) is 3.91. The van der Waals surface area contributed by atoms with Gasteiger partial charge in [0, 0.05) is 21.9 Å². The van der Waals surface area contributed by atoms with E-state index in [0.29, 0.717) is 5.69 Å². The summed E-state index contributed by atoms with van der Waals surface area (Å²) in [7, 11) is 0. The number of cyclic esters (lactones) is 1. The smallest absolute Gasteiger partial charge is 0.412 e. The lowest BCUT2D eigenvalue weighted by Gasteiger charge is -2.32. The van der Waals surface area contributed by atoms with E-state index in [-0.39, 0.29) is 0 Å². The molecule has 0 aliphatic carbocycles. The third kappa shape index (κ3) is 2.30. The van der Waals surface area contributed by atoms with Gasteiger partial charge in [-0.15, -0.1) is 0 Å². The normalized spacial score (nSPS) is 15.6. The van der Waals surface area contributed by atoms with Gasteiger partial charge >= 0.3 is 6.09 Å². The summed E-state index contributed by atoms with van der Waals surface area (Å²) in [5.41, 5.74) is 2.24. The van der Waals surface area contributed by atoms with Gasteiger partial charge in [0.25, 0.3) is 0 Å². The number of ether oxygens (including phenoxy) is 1. The summed E-state index contributed by atoms with van der Waals surface area (Å²) in [4.78, 5) is 11.5. The van der Waals surface area contributed by atoms with Crippen molar-refractivity contribution < 1.29 is 9.53 Å². The molecule has 0 radical (unpaired) electrons. The lowest BCUT2D eigenvalue weighted by Crippen LogP contribution is -2.34. The zero-order valence-corrected chi connectivity index (χ0v) is 13.1. The Labute approximate surface area is 130 Å². The number of hydrogen-bond acceptors (Lipinski definition) is 3. The second-order valence-electron chi connectivity index (χ2n) is 5.28. The van der Waals surface area contributed by atoms with Crippen molar-refractivity contribution in [1.82, 2.24) is 4.57 Å². The van der Waals surface area contributed by atoms with Crippen LogP contribution in [0.25, 0.3) is 5.69 Å². The van der Waals surface area contributed by atoms with E-state index in [1.165, 1.54) is 0 Å². The van der Waals surface area contributed by atoms with Gasteiger partial charge in [0.1, 0.15) is 17.4 Å². The van der Waals surface area contributed by atoms with Crippen LogP contribution in [0.1, 0.15) is 25.1 Å². The number of hydrogen-bond donors (Lipinski definition) is 1. The number of aromatic nitrogens is 1. The van der Waals surface area contributed by atoms with Crippen molar-refractivity contribution >= 4 is 27.7 Å². The molecule has 0 fully saturated rings. The van der Waals surface area contributed by atoms with Crippen LogP contribution in [0.15, 0.2) is 34.9 Å². The van der Waals surface area contributed by atoms with Crippen LogP contribution in [0.4, 0.5) is 10.5 Å². The van der Waals surface area contributed by atoms with Crippen molar-refractivity contribution in [3.8, 4) is 11.8 Å². The zero-order chi connectivity index (χ0) is 15.2. The van der Waals surface area contributed by atoms with E-state index in [4.69, 9.17) is 4.74 Å². The average molecular weight is 346 g/mol. The molecule has 0 saturated carbocycles. The van der Waals surface area contributed by atoms with Crippen molar-refractivity contribution in [1.29, 1.82) is 5.26 Å². The topological polar surface area (TPSA) is 67.0 Å². The minimum absolute atomic E-state index is 0.457. The number of halogens is 1. The summed E-state index contributed by atoms with van der Waals surface area (Å²) in [6.45, 7) is 3.68. The lowest BCUT2D eigenvalue weighted by molar-refractivity contribution is 0.0420. The maximum atomic E-state index is 11.5. The van der Waals surface area contributed by atoms with Gasteiger partial charge in [-0.1, -0.05) is 0 Å². The highest BCUT2D eigenvalue weighted by molar-refractivity contribution is 9.10. The molecule has 0 saturated heterocycles. The molecule has 3 rings (SSSR count). The molecule has 1 N–H and O–H groups in total. The summed E-state index contributed by atoms with van der Waals surface area (Å²) < 4.78 is 7.94. The van der Waals surface area contributed by atoms with Crippen LogP contribution in [0, 0.1) is 11.3 Å². The highest BCUT2D eigenvalue weighted by atomic mass is 79.9. The van der Waals surface area contributed by atoms with Crippen molar-refractivity contribution in [2.24, 2.45) is 0 Å². The number of carbonyl (C=O) groups excluding carboxylic acids is 1. The van der Waals surface area contributed by atoms with E-state index in [0.717, 1.165) is 21.4 Å². The number of carbonyl (C=O) groups is 1. The average Bonchev–Trinajstić information content (AvgIpc) is 2.78. The predicted molar refractivity (Wildman–Crippen MR) is 81.3 cm³/mol. The van der Waals surface area contributed by atoms with E-state index in [2.05, 4.69) is 27.3 Å². The number of anilines is 1. The van der Waals surface area contributed by atoms with Crippen LogP contribution in [0.5, 0.6) is 0 Å². The molecule has 0 atom stereocenters. The molecular formula is C15H12BrN3O2. The van der Waals surface area contributed by atoms with Crippen LogP contribution >= 0.6 is 15.9 Å². The van der Waals surface area contributed by atoms with Crippen molar-refractivity contribution in [2.75, 3.05) is 5.32 Å². The highest BCUT2D eigenvalue weighted by Gasteiger charge is 2.33. The quantitative estimate of drug-likeness (QED) is 0.851. The molecule has 1 aromatic heterocycles. The molecule has 106 valence electrons. The van der Waals surface area contributed by atoms with Crippen LogP contribution in [0.2, 0.25) is 0 Å². The SMILES string of the molecule is CC1(C)OC(=O)Nc2ccc(-n3cc(Br)cc3C#N)cc21. The Morgan fingerprint density at radius 1 is 1.38 bits per heavy atom. The molecule has 6 heteroatoms. The summed E-state index contributed by atoms with van der Waals surface area (Å²) >= 11 is 3.37. The molecule has 5 nitrogen and oxygen atoms in total. The number of nitrogens with zero attached hydrogens (tertiary/aromatic N) is 2. The Morgan fingerprint density at radius 3 is 2.86 bits per heavy atom. The monoisotopic (exact) mass is 345 g/mol. The fourth-order valence-corrected chi connectivity index (χ4v) is 2.86. The van der Waals surface area contributed by atoms with Crippen LogP contribution < -0.4 is 5.32 Å². The number of rotatable bonds is 1. The number of benzene rings is 1. The molecule has 1 aromatic carbocycles. The second-order valence-corrected chi connectivity index (χ2v) is 6.20. The zero-order valence-electron chi connectivity index (χ0n) is 11.5. The summed E-state index contributed by atoms with van der Waals surface area (Å²) in [6.07, 6.45) is 1.37. The largest absolute Gasteiger partial charge is 0.438 e. The number of nitriles is 1. The molecule has 1 aliphatic rings. The fraction of sp³-hybridized carbons (Fsp3) is 0.200. The molecule has 1 aliphatic heterocycles. The van der Waals surface area contributed by atoms with Gasteiger partial charge in [-0.05, 0) is 54.0 Å². The van der Waals surface area contributed by atoms with Gasteiger partial charge in [0.15, 0.2) is 0 Å². The Kier molecular flexibility index (Phi) is 3.03. The minimum Gasteiger partial charge on any atom is -0.438 e. The molecule has 0 spiro atoms. The van der Waals surface area contributed by atoms with Crippen molar-refractivity contribution in [3.63, 3.8) is 0 Å². The van der Waals surface area contributed by atoms with E-state index < -0.39 is 11.7 Å². The first-order valence-corrected chi connectivity index (χ1v) is 7.13. The number of amides is 1. The van der Waals surface area contributed by atoms with Crippen LogP contribution in [0.3, 0.4) is 0 Å². The van der Waals surface area contributed by atoms with Gasteiger partial charge in [-0.25, -0.2) is 4.79 Å². The molecule has 1 amide bonds. The molecule has 0 bridgehead atoms. The third-order valence-corrected chi connectivity index (χ3v) is 3.85. The van der Waals surface area contributed by atoms with E-state index in [1.807, 2.05) is 38.2 Å². The third-order valence-electron chi connectivity index (χ3n) is 3.42. The molecule has 21 heavy (non-hydrogen) atoms. The summed E-state index contributed by atoms with van der Waals surface area (Å²) in [5, 5.41) is 11.9. The van der Waals surface area contributed by atoms with Gasteiger partial charge in [0.2, 0.25) is 0 Å².